The topological polar surface area (TPSA) is 161 Å². The Labute approximate surface area is 248 Å². The number of allylic oxidation sites excluding steroid dienone is 1. The molecule has 1 fully saturated rings. The third kappa shape index (κ3) is 6.11. The molecule has 43 heavy (non-hydrogen) atoms. The Morgan fingerprint density at radius 1 is 1.09 bits per heavy atom. The summed E-state index contributed by atoms with van der Waals surface area (Å²) in [5.74, 6) is 0.103. The highest BCUT2D eigenvalue weighted by Gasteiger charge is 2.31. The summed E-state index contributed by atoms with van der Waals surface area (Å²) < 4.78 is 7.29. The van der Waals surface area contributed by atoms with Crippen molar-refractivity contribution in [1.29, 1.82) is 0 Å². The zero-order valence-electron chi connectivity index (χ0n) is 24.6. The highest BCUT2D eigenvalue weighted by molar-refractivity contribution is 6.15. The van der Waals surface area contributed by atoms with Crippen molar-refractivity contribution in [3.63, 3.8) is 0 Å². The predicted molar refractivity (Wildman–Crippen MR) is 164 cm³/mol. The van der Waals surface area contributed by atoms with Gasteiger partial charge in [-0.3, -0.25) is 9.59 Å². The molecule has 0 bridgehead atoms. The summed E-state index contributed by atoms with van der Waals surface area (Å²) in [6.07, 6.45) is 5.83. The second-order valence-corrected chi connectivity index (χ2v) is 10.8. The van der Waals surface area contributed by atoms with Crippen molar-refractivity contribution in [3.8, 4) is 5.75 Å². The van der Waals surface area contributed by atoms with Crippen molar-refractivity contribution in [2.24, 2.45) is 5.92 Å². The van der Waals surface area contributed by atoms with E-state index in [0.717, 1.165) is 13.0 Å². The van der Waals surface area contributed by atoms with E-state index in [1.807, 2.05) is 30.3 Å². The normalized spacial score (nSPS) is 16.8. The van der Waals surface area contributed by atoms with E-state index in [-0.39, 0.29) is 29.4 Å². The zero-order valence-corrected chi connectivity index (χ0v) is 24.6. The fraction of sp³-hybridized carbons (Fsp3) is 0.333. The number of benzene rings is 2. The highest BCUT2D eigenvalue weighted by Crippen LogP contribution is 2.34. The average Bonchev–Trinajstić information content (AvgIpc) is 3.39. The van der Waals surface area contributed by atoms with Gasteiger partial charge in [0.25, 0.3) is 5.91 Å². The first kappa shape index (κ1) is 29.5. The fourth-order valence-electron chi connectivity index (χ4n) is 5.17. The minimum Gasteiger partial charge on any atom is -0.410 e. The van der Waals surface area contributed by atoms with Crippen LogP contribution in [0.3, 0.4) is 0 Å². The van der Waals surface area contributed by atoms with E-state index >= 15 is 0 Å². The van der Waals surface area contributed by atoms with Crippen LogP contribution in [-0.4, -0.2) is 88.7 Å². The number of aromatic nitrogens is 4. The summed E-state index contributed by atoms with van der Waals surface area (Å²) in [5.41, 5.74) is 7.35. The number of hydrogen-bond donors (Lipinski definition) is 3. The van der Waals surface area contributed by atoms with Crippen LogP contribution in [0.2, 0.25) is 0 Å². The Balaban J connectivity index is 1.48. The summed E-state index contributed by atoms with van der Waals surface area (Å²) in [4.78, 5) is 49.5. The van der Waals surface area contributed by atoms with Crippen molar-refractivity contribution in [1.82, 2.24) is 34.9 Å². The average molecular weight is 586 g/mol. The number of carbonyl (C=O) groups is 3. The third-order valence-electron chi connectivity index (χ3n) is 7.47. The number of likely N-dealkylation sites (N-methyl/N-ethyl adjacent to an activating group) is 1. The van der Waals surface area contributed by atoms with Gasteiger partial charge in [-0.05, 0) is 43.5 Å². The summed E-state index contributed by atoms with van der Waals surface area (Å²) >= 11 is 0. The van der Waals surface area contributed by atoms with Crippen LogP contribution in [0, 0.1) is 5.92 Å². The first-order chi connectivity index (χ1) is 20.7. The largest absolute Gasteiger partial charge is 0.414 e. The maximum Gasteiger partial charge on any atom is 0.414 e. The van der Waals surface area contributed by atoms with E-state index < -0.39 is 12.0 Å². The lowest BCUT2D eigenvalue weighted by Gasteiger charge is -2.32. The van der Waals surface area contributed by atoms with E-state index in [2.05, 4.69) is 20.6 Å². The van der Waals surface area contributed by atoms with Gasteiger partial charge >= 0.3 is 6.09 Å². The molecule has 2 aromatic heterocycles. The lowest BCUT2D eigenvalue weighted by molar-refractivity contribution is -0.123. The molecule has 0 saturated carbocycles. The number of hydrogen-bond acceptors (Lipinski definition) is 9. The van der Waals surface area contributed by atoms with Crippen LogP contribution in [0.15, 0.2) is 54.9 Å². The standard InChI is InChI=1S/C30H35N9O4/c1-37(2)24(40)11-7-8-18-14-15-32-16-22(18)39-28-25(27(31)33-17-34-28)26(36-39)29(41)35-21-12-13-23(43-30(42)38(3)4)20-10-6-5-9-19(20)21/h5-7,9-13,17-18,22,32H,8,14-16H2,1-4H3,(H,35,41)(H2,31,33,34)/b11-7+/t18?,22-/m1/s1. The molecule has 3 heterocycles. The number of nitrogens with one attached hydrogen (secondary N) is 2. The summed E-state index contributed by atoms with van der Waals surface area (Å²) in [6, 6.07) is 10.5. The molecule has 1 aliphatic heterocycles. The van der Waals surface area contributed by atoms with Crippen LogP contribution in [0.5, 0.6) is 5.75 Å². The molecule has 5 rings (SSSR count). The number of ether oxygens (including phenoxy) is 1. The maximum absolute atomic E-state index is 13.8. The molecular weight excluding hydrogens is 550 g/mol. The van der Waals surface area contributed by atoms with E-state index in [1.165, 1.54) is 16.1 Å². The third-order valence-corrected chi connectivity index (χ3v) is 7.47. The Morgan fingerprint density at radius 2 is 1.86 bits per heavy atom. The van der Waals surface area contributed by atoms with E-state index in [9.17, 15) is 14.4 Å². The molecule has 1 saturated heterocycles. The molecular formula is C30H35N9O4. The Kier molecular flexibility index (Phi) is 8.53. The quantitative estimate of drug-likeness (QED) is 0.277. The van der Waals surface area contributed by atoms with Gasteiger partial charge < -0.3 is 30.9 Å². The molecule has 2 atom stereocenters. The first-order valence-corrected chi connectivity index (χ1v) is 13.9. The number of fused-ring (bicyclic) bond motifs is 2. The molecule has 1 aliphatic rings. The smallest absolute Gasteiger partial charge is 0.410 e. The van der Waals surface area contributed by atoms with Crippen LogP contribution < -0.4 is 21.1 Å². The van der Waals surface area contributed by atoms with Gasteiger partial charge in [0.05, 0.1) is 11.4 Å². The number of anilines is 2. The number of nitrogens with zero attached hydrogens (tertiary/aromatic N) is 6. The Bertz CT molecular complexity index is 1710. The van der Waals surface area contributed by atoms with Crippen molar-refractivity contribution >= 4 is 51.2 Å². The molecule has 13 nitrogen and oxygen atoms in total. The minimum atomic E-state index is -0.510. The molecule has 0 spiro atoms. The molecule has 224 valence electrons. The lowest BCUT2D eigenvalue weighted by Crippen LogP contribution is -2.38. The number of piperidine rings is 1. The first-order valence-electron chi connectivity index (χ1n) is 13.9. The van der Waals surface area contributed by atoms with E-state index in [1.54, 1.807) is 51.1 Å². The van der Waals surface area contributed by atoms with Crippen LogP contribution in [-0.2, 0) is 4.79 Å². The van der Waals surface area contributed by atoms with Crippen LogP contribution in [0.1, 0.15) is 29.4 Å². The molecule has 4 N–H and O–H groups in total. The number of carbonyl (C=O) groups excluding carboxylic acids is 3. The van der Waals surface area contributed by atoms with Crippen molar-refractivity contribution in [3.05, 3.63) is 60.6 Å². The lowest BCUT2D eigenvalue weighted by atomic mass is 9.89. The fourth-order valence-corrected chi connectivity index (χ4v) is 5.17. The summed E-state index contributed by atoms with van der Waals surface area (Å²) in [5, 5.41) is 12.8. The van der Waals surface area contributed by atoms with Crippen LogP contribution in [0.25, 0.3) is 21.8 Å². The van der Waals surface area contributed by atoms with Gasteiger partial charge in [-0.25, -0.2) is 19.4 Å². The molecule has 3 amide bonds. The van der Waals surface area contributed by atoms with E-state index in [4.69, 9.17) is 15.6 Å². The van der Waals surface area contributed by atoms with Crippen molar-refractivity contribution < 1.29 is 19.1 Å². The molecule has 4 aromatic rings. The molecule has 1 unspecified atom stereocenters. The van der Waals surface area contributed by atoms with Gasteiger partial charge in [-0.15, -0.1) is 0 Å². The molecule has 0 radical (unpaired) electrons. The van der Waals surface area contributed by atoms with Gasteiger partial charge in [0, 0.05) is 51.2 Å². The number of amides is 3. The maximum atomic E-state index is 13.8. The summed E-state index contributed by atoms with van der Waals surface area (Å²) in [6.45, 7) is 1.44. The SMILES string of the molecule is CN(C)C(=O)/C=C/CC1CCNC[C@H]1n1nc(C(=O)Nc2ccc(OC(=O)N(C)C)c3ccccc23)c2c(N)ncnc21. The van der Waals surface area contributed by atoms with Gasteiger partial charge in [0.15, 0.2) is 11.3 Å². The van der Waals surface area contributed by atoms with Crippen molar-refractivity contribution in [2.75, 3.05) is 52.3 Å². The van der Waals surface area contributed by atoms with Crippen LogP contribution >= 0.6 is 0 Å². The number of nitrogens with two attached hydrogens (primary N) is 1. The molecule has 13 heteroatoms. The van der Waals surface area contributed by atoms with Gasteiger partial charge in [0.2, 0.25) is 5.91 Å². The number of rotatable bonds is 7. The van der Waals surface area contributed by atoms with Gasteiger partial charge in [-0.1, -0.05) is 30.3 Å². The number of nitrogen functional groups attached to an aromatic ring is 1. The Hall–Kier alpha value is -5.04. The van der Waals surface area contributed by atoms with Crippen molar-refractivity contribution in [2.45, 2.75) is 18.9 Å². The second kappa shape index (κ2) is 12.4. The van der Waals surface area contributed by atoms with Gasteiger partial charge in [0.1, 0.15) is 17.9 Å². The zero-order chi connectivity index (χ0) is 30.7. The monoisotopic (exact) mass is 585 g/mol. The highest BCUT2D eigenvalue weighted by atomic mass is 16.6. The second-order valence-electron chi connectivity index (χ2n) is 10.8. The predicted octanol–water partition coefficient (Wildman–Crippen LogP) is 3.06. The minimum absolute atomic E-state index is 0.0779. The summed E-state index contributed by atoms with van der Waals surface area (Å²) in [7, 11) is 6.63. The molecule has 0 aliphatic carbocycles. The van der Waals surface area contributed by atoms with Gasteiger partial charge in [-0.2, -0.15) is 5.10 Å². The van der Waals surface area contributed by atoms with Crippen LogP contribution in [0.4, 0.5) is 16.3 Å². The Morgan fingerprint density at radius 3 is 2.60 bits per heavy atom. The molecule has 2 aromatic carbocycles. The van der Waals surface area contributed by atoms with E-state index in [0.29, 0.717) is 46.2 Å².